The van der Waals surface area contributed by atoms with Crippen molar-refractivity contribution in [2.45, 2.75) is 12.8 Å². The van der Waals surface area contributed by atoms with E-state index in [4.69, 9.17) is 34.5 Å². The molecule has 24 heavy (non-hydrogen) atoms. The van der Waals surface area contributed by atoms with Gasteiger partial charge < -0.3 is 34.5 Å². The molecule has 0 radical (unpaired) electrons. The Morgan fingerprint density at radius 3 is 1.33 bits per heavy atom. The number of unbranched alkanes of at least 4 members (excludes halogenated alkanes) is 1. The van der Waals surface area contributed by atoms with Crippen LogP contribution in [-0.4, -0.2) is 89.4 Å². The Balaban J connectivity index is 4.83. The molecule has 0 heterocycles. The van der Waals surface area contributed by atoms with Crippen molar-refractivity contribution in [3.05, 3.63) is 0 Å². The number of hydrogen-bond acceptors (Lipinski definition) is 6. The van der Waals surface area contributed by atoms with Gasteiger partial charge in [-0.3, -0.25) is 23.5 Å². The zero-order chi connectivity index (χ0) is 19.0. The lowest BCUT2D eigenvalue weighted by molar-refractivity contribution is 0.212. The predicted octanol–water partition coefficient (Wildman–Crippen LogP) is -1.23. The van der Waals surface area contributed by atoms with Crippen molar-refractivity contribution in [2.75, 3.05) is 45.1 Å². The van der Waals surface area contributed by atoms with Gasteiger partial charge in [0, 0.05) is 19.7 Å². The summed E-state index contributed by atoms with van der Waals surface area (Å²) < 4.78 is 33.2. The Kier molecular flexibility index (Phi) is 10.6. The summed E-state index contributed by atoms with van der Waals surface area (Å²) in [5.41, 5.74) is 0. The first-order valence-electron chi connectivity index (χ1n) is 6.91. The van der Waals surface area contributed by atoms with Crippen molar-refractivity contribution in [2.24, 2.45) is 0 Å². The van der Waals surface area contributed by atoms with Crippen LogP contribution in [0.3, 0.4) is 0 Å². The third-order valence-electron chi connectivity index (χ3n) is 2.77. The van der Waals surface area contributed by atoms with E-state index >= 15 is 0 Å². The van der Waals surface area contributed by atoms with Crippen molar-refractivity contribution in [3.63, 3.8) is 0 Å². The quantitative estimate of drug-likeness (QED) is 0.140. The van der Waals surface area contributed by atoms with Gasteiger partial charge in [-0.1, -0.05) is 0 Å². The fraction of sp³-hybridized carbons (Fsp3) is 1.00. The highest BCUT2D eigenvalue weighted by Crippen LogP contribution is 2.41. The second-order valence-electron chi connectivity index (χ2n) is 5.36. The van der Waals surface area contributed by atoms with Crippen LogP contribution in [-0.2, 0) is 13.7 Å². The third kappa shape index (κ3) is 15.8. The van der Waals surface area contributed by atoms with Gasteiger partial charge in [0.25, 0.3) is 0 Å². The van der Waals surface area contributed by atoms with E-state index in [0.717, 1.165) is 4.90 Å². The van der Waals surface area contributed by atoms with Gasteiger partial charge in [-0.05, 0) is 19.4 Å². The van der Waals surface area contributed by atoms with E-state index in [9.17, 15) is 13.7 Å². The molecule has 0 fully saturated rings. The minimum atomic E-state index is -4.56. The van der Waals surface area contributed by atoms with Crippen LogP contribution in [0.15, 0.2) is 0 Å². The van der Waals surface area contributed by atoms with E-state index in [1.807, 2.05) is 0 Å². The first kappa shape index (κ1) is 24.3. The number of nitrogens with zero attached hydrogens (tertiary/aromatic N) is 2. The lowest BCUT2D eigenvalue weighted by Gasteiger charge is -2.28. The molecule has 146 valence electrons. The summed E-state index contributed by atoms with van der Waals surface area (Å²) in [7, 11) is -13.5. The molecule has 0 aliphatic carbocycles. The average Bonchev–Trinajstić information content (AvgIpc) is 2.30. The van der Waals surface area contributed by atoms with Crippen LogP contribution in [0, 0.1) is 0 Å². The smallest absolute Gasteiger partial charge is 0.339 e. The molecule has 0 rings (SSSR count). The highest BCUT2D eigenvalue weighted by Gasteiger charge is 2.27. The Morgan fingerprint density at radius 2 is 0.958 bits per heavy atom. The molecule has 12 nitrogen and oxygen atoms in total. The molecular weight excluding hydrogens is 389 g/mol. The van der Waals surface area contributed by atoms with Crippen LogP contribution >= 0.6 is 22.8 Å². The average molecular weight is 414 g/mol. The summed E-state index contributed by atoms with van der Waals surface area (Å²) in [6.07, 6.45) is -1.51. The Morgan fingerprint density at radius 1 is 0.583 bits per heavy atom. The lowest BCUT2D eigenvalue weighted by atomic mass is 10.3. The van der Waals surface area contributed by atoms with Crippen LogP contribution in [0.5, 0.6) is 0 Å². The molecule has 0 spiro atoms. The van der Waals surface area contributed by atoms with E-state index in [0.29, 0.717) is 12.8 Å². The highest BCUT2D eigenvalue weighted by molar-refractivity contribution is 7.52. The number of rotatable bonds is 13. The Bertz CT molecular complexity index is 476. The third-order valence-corrected chi connectivity index (χ3v) is 5.07. The monoisotopic (exact) mass is 414 g/mol. The topological polar surface area (TPSA) is 199 Å². The molecule has 15 heteroatoms. The summed E-state index contributed by atoms with van der Waals surface area (Å²) >= 11 is 0. The van der Waals surface area contributed by atoms with Crippen LogP contribution < -0.4 is 0 Å². The molecule has 7 N–H and O–H groups in total. The van der Waals surface area contributed by atoms with E-state index in [2.05, 4.69) is 0 Å². The Labute approximate surface area is 139 Å². The maximum Gasteiger partial charge on any atom is 0.339 e. The van der Waals surface area contributed by atoms with Crippen LogP contribution in [0.25, 0.3) is 0 Å². The predicted molar refractivity (Wildman–Crippen MR) is 85.3 cm³/mol. The fourth-order valence-electron chi connectivity index (χ4n) is 1.95. The zero-order valence-corrected chi connectivity index (χ0v) is 15.6. The molecule has 0 saturated carbocycles. The van der Waals surface area contributed by atoms with Crippen molar-refractivity contribution in [3.8, 4) is 0 Å². The maximum atomic E-state index is 11.1. The second-order valence-corrected chi connectivity index (χ2v) is 10.2. The molecule has 0 aliphatic heterocycles. The first-order chi connectivity index (χ1) is 10.7. The van der Waals surface area contributed by atoms with Gasteiger partial charge in [0.2, 0.25) is 0 Å². The molecule has 0 saturated heterocycles. The first-order valence-corrected chi connectivity index (χ1v) is 12.3. The van der Waals surface area contributed by atoms with Crippen molar-refractivity contribution in [1.29, 1.82) is 0 Å². The summed E-state index contributed by atoms with van der Waals surface area (Å²) in [6, 6.07) is 0. The molecule has 0 aromatic rings. The summed E-state index contributed by atoms with van der Waals surface area (Å²) in [4.78, 5) is 56.1. The number of aliphatic hydroxyl groups is 1. The van der Waals surface area contributed by atoms with E-state index < -0.39 is 41.6 Å². The molecule has 0 bridgehead atoms. The van der Waals surface area contributed by atoms with Crippen LogP contribution in [0.4, 0.5) is 0 Å². The van der Waals surface area contributed by atoms with Crippen molar-refractivity contribution < 1.29 is 48.2 Å². The van der Waals surface area contributed by atoms with Gasteiger partial charge >= 0.3 is 22.8 Å². The van der Waals surface area contributed by atoms with Crippen molar-refractivity contribution in [1.82, 2.24) is 9.80 Å². The number of hydrogen-bond donors (Lipinski definition) is 7. The molecule has 0 atom stereocenters. The van der Waals surface area contributed by atoms with E-state index in [1.54, 1.807) is 0 Å². The molecule has 0 amide bonds. The molecule has 0 aromatic heterocycles. The van der Waals surface area contributed by atoms with E-state index in [-0.39, 0.29) is 26.2 Å². The lowest BCUT2D eigenvalue weighted by Crippen LogP contribution is -2.37. The minimum Gasteiger partial charge on any atom is -0.396 e. The minimum absolute atomic E-state index is 0.0590. The normalized spacial score (nSPS) is 13.9. The highest BCUT2D eigenvalue weighted by atomic mass is 31.2. The molecule has 0 aliphatic rings. The second kappa shape index (κ2) is 10.5. The maximum absolute atomic E-state index is 11.1. The molecule has 0 unspecified atom stereocenters. The number of aliphatic hydroxyl groups excluding tert-OH is 1. The molecule has 0 aromatic carbocycles. The summed E-state index contributed by atoms with van der Waals surface area (Å²) in [5, 5.41) is 8.73. The van der Waals surface area contributed by atoms with Crippen LogP contribution in [0.1, 0.15) is 12.8 Å². The summed E-state index contributed by atoms with van der Waals surface area (Å²) in [5.74, 6) is 0. The van der Waals surface area contributed by atoms with Crippen molar-refractivity contribution >= 4 is 22.8 Å². The Hall–Kier alpha value is 0.330. The van der Waals surface area contributed by atoms with Gasteiger partial charge in [-0.15, -0.1) is 0 Å². The largest absolute Gasteiger partial charge is 0.396 e. The van der Waals surface area contributed by atoms with Gasteiger partial charge in [0.15, 0.2) is 0 Å². The fourth-order valence-corrected chi connectivity index (χ4v) is 4.44. The van der Waals surface area contributed by atoms with Crippen LogP contribution in [0.2, 0.25) is 0 Å². The van der Waals surface area contributed by atoms with Gasteiger partial charge in [0.1, 0.15) is 18.9 Å². The van der Waals surface area contributed by atoms with Gasteiger partial charge in [0.05, 0.1) is 0 Å². The van der Waals surface area contributed by atoms with Gasteiger partial charge in [-0.2, -0.15) is 0 Å². The van der Waals surface area contributed by atoms with Gasteiger partial charge in [-0.25, -0.2) is 0 Å². The summed E-state index contributed by atoms with van der Waals surface area (Å²) in [6.45, 7) is -0.135. The molecular formula is C9H25N2O10P3. The SMILES string of the molecule is O=P(O)(O)CN(CCCCO)CCN(CP(=O)(O)O)CP(=O)(O)O. The zero-order valence-electron chi connectivity index (χ0n) is 13.0. The van der Waals surface area contributed by atoms with E-state index in [1.165, 1.54) is 4.90 Å². The standard InChI is InChI=1S/C9H25N2O10P3/c12-6-2-1-3-10(7-22(13,14)15)4-5-11(8-23(16,17)18)9-24(19,20)21/h12H,1-9H2,(H2,13,14,15)(H2,16,17,18)(H2,19,20,21).